The normalized spacial score (nSPS) is 18.5. The highest BCUT2D eigenvalue weighted by Gasteiger charge is 2.43. The number of hydrogen-bond donors (Lipinski definition) is 0. The number of allylic oxidation sites excluding steroid dienone is 1. The second-order valence-corrected chi connectivity index (χ2v) is 8.84. The lowest BCUT2D eigenvalue weighted by atomic mass is 10.2. The zero-order valence-corrected chi connectivity index (χ0v) is 19.2. The number of amides is 1. The Bertz CT molecular complexity index is 1110. The third-order valence-corrected chi connectivity index (χ3v) is 5.07. The number of aromatic nitrogens is 2. The van der Waals surface area contributed by atoms with Gasteiger partial charge in [-0.25, -0.2) is 9.59 Å². The zero-order chi connectivity index (χ0) is 23.6. The van der Waals surface area contributed by atoms with E-state index in [0.29, 0.717) is 15.9 Å². The minimum Gasteiger partial charge on any atom is -0.467 e. The Morgan fingerprint density at radius 3 is 2.69 bits per heavy atom. The molecule has 2 aromatic rings. The van der Waals surface area contributed by atoms with E-state index < -0.39 is 29.8 Å². The molecule has 0 radical (unpaired) electrons. The van der Waals surface area contributed by atoms with Crippen molar-refractivity contribution < 1.29 is 23.8 Å². The maximum atomic E-state index is 13.0. The molecule has 1 aliphatic heterocycles. The van der Waals surface area contributed by atoms with Gasteiger partial charge in [0.05, 0.1) is 24.6 Å². The maximum absolute atomic E-state index is 13.0. The SMILES string of the molecule is C=CCn1c(O[C@@H]2C[C@@H](C(=O)OC)N(C(=O)OC(C)(C)C)C2)nc2cc(Cl)ccc2c1=O. The molecule has 1 aromatic carbocycles. The summed E-state index contributed by atoms with van der Waals surface area (Å²) in [5.41, 5.74) is -0.669. The second kappa shape index (κ2) is 9.20. The Labute approximate surface area is 190 Å². The number of ether oxygens (including phenoxy) is 3. The molecule has 172 valence electrons. The molecule has 1 saturated heterocycles. The molecular weight excluding hydrogens is 438 g/mol. The Kier molecular flexibility index (Phi) is 6.78. The molecule has 0 aliphatic carbocycles. The Balaban J connectivity index is 1.94. The van der Waals surface area contributed by atoms with Gasteiger partial charge in [0.1, 0.15) is 17.7 Å². The average molecular weight is 464 g/mol. The highest BCUT2D eigenvalue weighted by Crippen LogP contribution is 2.26. The van der Waals surface area contributed by atoms with Crippen LogP contribution in [-0.2, 0) is 20.8 Å². The number of fused-ring (bicyclic) bond motifs is 1. The molecule has 9 nitrogen and oxygen atoms in total. The van der Waals surface area contributed by atoms with Crippen molar-refractivity contribution in [1.82, 2.24) is 14.5 Å². The number of halogens is 1. The van der Waals surface area contributed by atoms with Crippen LogP contribution in [0.2, 0.25) is 5.02 Å². The monoisotopic (exact) mass is 463 g/mol. The molecule has 10 heteroatoms. The van der Waals surface area contributed by atoms with E-state index in [1.54, 1.807) is 45.0 Å². The maximum Gasteiger partial charge on any atom is 0.411 e. The summed E-state index contributed by atoms with van der Waals surface area (Å²) in [5, 5.41) is 0.817. The average Bonchev–Trinajstić information content (AvgIpc) is 3.13. The van der Waals surface area contributed by atoms with E-state index in [-0.39, 0.29) is 31.1 Å². The van der Waals surface area contributed by atoms with Crippen molar-refractivity contribution >= 4 is 34.6 Å². The molecular formula is C22H26ClN3O6. The first-order valence-corrected chi connectivity index (χ1v) is 10.5. The van der Waals surface area contributed by atoms with Crippen LogP contribution in [0.1, 0.15) is 27.2 Å². The first kappa shape index (κ1) is 23.6. The fourth-order valence-electron chi connectivity index (χ4n) is 3.47. The number of nitrogens with zero attached hydrogens (tertiary/aromatic N) is 3. The molecule has 0 bridgehead atoms. The predicted molar refractivity (Wildman–Crippen MR) is 119 cm³/mol. The van der Waals surface area contributed by atoms with Crippen molar-refractivity contribution in [2.24, 2.45) is 0 Å². The largest absolute Gasteiger partial charge is 0.467 e. The van der Waals surface area contributed by atoms with Gasteiger partial charge in [0.2, 0.25) is 0 Å². The third-order valence-electron chi connectivity index (χ3n) is 4.83. The highest BCUT2D eigenvalue weighted by molar-refractivity contribution is 6.31. The molecule has 2 heterocycles. The van der Waals surface area contributed by atoms with Gasteiger partial charge in [-0.1, -0.05) is 17.7 Å². The lowest BCUT2D eigenvalue weighted by Gasteiger charge is -2.27. The summed E-state index contributed by atoms with van der Waals surface area (Å²) in [5.74, 6) is -0.580. The summed E-state index contributed by atoms with van der Waals surface area (Å²) in [6.45, 7) is 9.13. The third kappa shape index (κ3) is 5.04. The Morgan fingerprint density at radius 1 is 1.34 bits per heavy atom. The summed E-state index contributed by atoms with van der Waals surface area (Å²) in [4.78, 5) is 43.7. The summed E-state index contributed by atoms with van der Waals surface area (Å²) < 4.78 is 17.6. The van der Waals surface area contributed by atoms with Crippen molar-refractivity contribution in [1.29, 1.82) is 0 Å². The van der Waals surface area contributed by atoms with Crippen LogP contribution < -0.4 is 10.3 Å². The van der Waals surface area contributed by atoms with E-state index in [9.17, 15) is 14.4 Å². The van der Waals surface area contributed by atoms with Crippen LogP contribution in [0.3, 0.4) is 0 Å². The van der Waals surface area contributed by atoms with E-state index in [1.165, 1.54) is 16.6 Å². The number of carbonyl (C=O) groups is 2. The number of carbonyl (C=O) groups excluding carboxylic acids is 2. The van der Waals surface area contributed by atoms with Gasteiger partial charge >= 0.3 is 12.1 Å². The van der Waals surface area contributed by atoms with E-state index in [4.69, 9.17) is 25.8 Å². The van der Waals surface area contributed by atoms with Crippen LogP contribution in [0.15, 0.2) is 35.6 Å². The van der Waals surface area contributed by atoms with Crippen molar-refractivity contribution in [3.8, 4) is 6.01 Å². The topological polar surface area (TPSA) is 100.0 Å². The van der Waals surface area contributed by atoms with Crippen LogP contribution in [0.25, 0.3) is 10.9 Å². The molecule has 32 heavy (non-hydrogen) atoms. The Hall–Kier alpha value is -3.07. The number of esters is 1. The smallest absolute Gasteiger partial charge is 0.411 e. The van der Waals surface area contributed by atoms with Crippen LogP contribution in [0.4, 0.5) is 4.79 Å². The van der Waals surface area contributed by atoms with Gasteiger partial charge in [-0.2, -0.15) is 4.98 Å². The van der Waals surface area contributed by atoms with E-state index >= 15 is 0 Å². The standard InChI is InChI=1S/C22H26ClN3O6/c1-6-9-25-18(27)15-8-7-13(23)10-16(15)24-20(25)31-14-11-17(19(28)30-5)26(12-14)21(29)32-22(2,3)4/h6-8,10,14,17H,1,9,11-12H2,2-5H3/t14-,17+/m1/s1. The highest BCUT2D eigenvalue weighted by atomic mass is 35.5. The molecule has 0 spiro atoms. The van der Waals surface area contributed by atoms with E-state index in [2.05, 4.69) is 11.6 Å². The first-order chi connectivity index (χ1) is 15.0. The van der Waals surface area contributed by atoms with Crippen molar-refractivity contribution in [2.75, 3.05) is 13.7 Å². The van der Waals surface area contributed by atoms with Crippen LogP contribution >= 0.6 is 11.6 Å². The zero-order valence-electron chi connectivity index (χ0n) is 18.5. The second-order valence-electron chi connectivity index (χ2n) is 8.41. The molecule has 1 aromatic heterocycles. The summed E-state index contributed by atoms with van der Waals surface area (Å²) in [7, 11) is 1.25. The summed E-state index contributed by atoms with van der Waals surface area (Å²) in [6.07, 6.45) is 0.437. The van der Waals surface area contributed by atoms with Crippen LogP contribution in [-0.4, -0.2) is 57.9 Å². The van der Waals surface area contributed by atoms with E-state index in [0.717, 1.165) is 0 Å². The van der Waals surface area contributed by atoms with Gasteiger partial charge in [0.25, 0.3) is 11.6 Å². The lowest BCUT2D eigenvalue weighted by molar-refractivity contribution is -0.145. The lowest BCUT2D eigenvalue weighted by Crippen LogP contribution is -2.44. The number of rotatable bonds is 5. The molecule has 1 aliphatic rings. The van der Waals surface area contributed by atoms with Crippen LogP contribution in [0.5, 0.6) is 6.01 Å². The van der Waals surface area contributed by atoms with Crippen molar-refractivity contribution in [3.63, 3.8) is 0 Å². The quantitative estimate of drug-likeness (QED) is 0.496. The van der Waals surface area contributed by atoms with Gasteiger partial charge in [0.15, 0.2) is 0 Å². The van der Waals surface area contributed by atoms with Gasteiger partial charge in [0, 0.05) is 18.0 Å². The van der Waals surface area contributed by atoms with Crippen molar-refractivity contribution in [3.05, 3.63) is 46.2 Å². The molecule has 3 rings (SSSR count). The van der Waals surface area contributed by atoms with Crippen LogP contribution in [0, 0.1) is 0 Å². The molecule has 1 fully saturated rings. The van der Waals surface area contributed by atoms with Crippen molar-refractivity contribution in [2.45, 2.75) is 51.5 Å². The van der Waals surface area contributed by atoms with Gasteiger partial charge in [-0.05, 0) is 39.0 Å². The van der Waals surface area contributed by atoms with Gasteiger partial charge in [-0.3, -0.25) is 14.3 Å². The molecule has 0 saturated carbocycles. The van der Waals surface area contributed by atoms with E-state index in [1.807, 2.05) is 0 Å². The molecule has 1 amide bonds. The van der Waals surface area contributed by atoms with Gasteiger partial charge in [-0.15, -0.1) is 6.58 Å². The number of benzene rings is 1. The summed E-state index contributed by atoms with van der Waals surface area (Å²) in [6, 6.07) is 3.95. The molecule has 2 atom stereocenters. The fraction of sp³-hybridized carbons (Fsp3) is 0.455. The Morgan fingerprint density at radius 2 is 2.06 bits per heavy atom. The predicted octanol–water partition coefficient (Wildman–Crippen LogP) is 3.17. The number of hydrogen-bond acceptors (Lipinski definition) is 7. The first-order valence-electron chi connectivity index (χ1n) is 10.1. The number of likely N-dealkylation sites (tertiary alicyclic amines) is 1. The van der Waals surface area contributed by atoms with Gasteiger partial charge < -0.3 is 14.2 Å². The summed E-state index contributed by atoms with van der Waals surface area (Å²) >= 11 is 6.06. The fourth-order valence-corrected chi connectivity index (χ4v) is 3.63. The molecule has 0 N–H and O–H groups in total. The molecule has 0 unspecified atom stereocenters. The number of methoxy groups -OCH3 is 1. The minimum atomic E-state index is -0.880. The minimum absolute atomic E-state index is 0.0457.